The van der Waals surface area contributed by atoms with Gasteiger partial charge in [0.05, 0.1) is 23.7 Å². The van der Waals surface area contributed by atoms with Crippen LogP contribution in [0.1, 0.15) is 86.3 Å². The van der Waals surface area contributed by atoms with Crippen LogP contribution in [0.15, 0.2) is 30.3 Å². The SMILES string of the molecule is CCC1OC(=O)[C@H](C)[C@@H](OC(=O)C(OCOC)c2ccccc2)[C@H](C)[C@@H](O[C@@H]2O[C@H](C)C[C@H](N(C)C)[C@H]2O)[C@@](C)(O)C[C@@H](C)[C@H](N)[C@H](C)[C@H]2OC(=O)O[C@]12C. The van der Waals surface area contributed by atoms with Gasteiger partial charge in [-0.3, -0.25) is 4.79 Å². The lowest BCUT2D eigenvalue weighted by Crippen LogP contribution is -2.60. The topological polar surface area (TPSA) is 195 Å². The zero-order chi connectivity index (χ0) is 41.0. The van der Waals surface area contributed by atoms with Gasteiger partial charge in [-0.1, -0.05) is 58.0 Å². The average molecular weight is 781 g/mol. The van der Waals surface area contributed by atoms with Crippen molar-refractivity contribution in [3.8, 4) is 0 Å². The first-order valence-corrected chi connectivity index (χ1v) is 19.4. The van der Waals surface area contributed by atoms with E-state index in [1.54, 1.807) is 65.0 Å². The van der Waals surface area contributed by atoms with Crippen molar-refractivity contribution < 1.29 is 62.5 Å². The molecule has 0 saturated carbocycles. The molecule has 4 N–H and O–H groups in total. The van der Waals surface area contributed by atoms with E-state index < -0.39 is 102 Å². The summed E-state index contributed by atoms with van der Waals surface area (Å²) in [5.74, 6) is -4.61. The summed E-state index contributed by atoms with van der Waals surface area (Å²) in [7, 11) is 5.13. The van der Waals surface area contributed by atoms with Gasteiger partial charge in [-0.05, 0) is 72.5 Å². The van der Waals surface area contributed by atoms with Crippen LogP contribution in [-0.2, 0) is 47.5 Å². The number of aliphatic hydroxyl groups excluding tert-OH is 1. The molecule has 3 fully saturated rings. The second kappa shape index (κ2) is 18.6. The molecule has 15 heteroatoms. The molecule has 4 rings (SSSR count). The predicted octanol–water partition coefficient (Wildman–Crippen LogP) is 3.71. The Kier molecular flexibility index (Phi) is 15.1. The quantitative estimate of drug-likeness (QED) is 0.177. The third-order valence-electron chi connectivity index (χ3n) is 11.8. The summed E-state index contributed by atoms with van der Waals surface area (Å²) in [6.07, 6.45) is -8.31. The van der Waals surface area contributed by atoms with Crippen molar-refractivity contribution in [1.82, 2.24) is 4.90 Å². The number of carbonyl (C=O) groups excluding carboxylic acids is 3. The van der Waals surface area contributed by atoms with E-state index in [0.29, 0.717) is 12.0 Å². The molecule has 15 nitrogen and oxygen atoms in total. The van der Waals surface area contributed by atoms with Gasteiger partial charge in [0.15, 0.2) is 24.1 Å². The lowest BCUT2D eigenvalue weighted by Gasteiger charge is -2.48. The largest absolute Gasteiger partial charge is 0.509 e. The Labute approximate surface area is 325 Å². The lowest BCUT2D eigenvalue weighted by atomic mass is 9.72. The Morgan fingerprint density at radius 2 is 1.71 bits per heavy atom. The molecule has 2 unspecified atom stereocenters. The van der Waals surface area contributed by atoms with Crippen LogP contribution >= 0.6 is 0 Å². The highest BCUT2D eigenvalue weighted by Crippen LogP contribution is 2.43. The number of likely N-dealkylation sites (N-methyl/N-ethyl adjacent to an activating group) is 1. The first-order chi connectivity index (χ1) is 25.8. The molecule has 0 aromatic heterocycles. The second-order valence-electron chi connectivity index (χ2n) is 16.4. The van der Waals surface area contributed by atoms with Crippen LogP contribution < -0.4 is 5.73 Å². The number of aliphatic hydroxyl groups is 2. The van der Waals surface area contributed by atoms with Crippen LogP contribution in [0.2, 0.25) is 0 Å². The number of hydrogen-bond acceptors (Lipinski definition) is 15. The van der Waals surface area contributed by atoms with Crippen LogP contribution in [-0.4, -0.2) is 127 Å². The zero-order valence-electron chi connectivity index (χ0n) is 34.2. The van der Waals surface area contributed by atoms with E-state index in [4.69, 9.17) is 43.6 Å². The van der Waals surface area contributed by atoms with E-state index in [1.807, 2.05) is 39.8 Å². The normalized spacial score (nSPS) is 41.0. The smallest absolute Gasteiger partial charge is 0.459 e. The van der Waals surface area contributed by atoms with Crippen LogP contribution in [0.3, 0.4) is 0 Å². The summed E-state index contributed by atoms with van der Waals surface area (Å²) in [5, 5.41) is 24.1. The van der Waals surface area contributed by atoms with Crippen LogP contribution in [0.5, 0.6) is 0 Å². The second-order valence-corrected chi connectivity index (χ2v) is 16.4. The number of cyclic esters (lactones) is 1. The highest BCUT2D eigenvalue weighted by Gasteiger charge is 2.59. The minimum atomic E-state index is -1.73. The van der Waals surface area contributed by atoms with Gasteiger partial charge in [0.2, 0.25) is 0 Å². The lowest BCUT2D eigenvalue weighted by molar-refractivity contribution is -0.300. The van der Waals surface area contributed by atoms with Crippen LogP contribution in [0.4, 0.5) is 4.79 Å². The van der Waals surface area contributed by atoms with E-state index in [-0.39, 0.29) is 31.8 Å². The Balaban J connectivity index is 1.85. The predicted molar refractivity (Wildman–Crippen MR) is 199 cm³/mol. The molecule has 55 heavy (non-hydrogen) atoms. The van der Waals surface area contributed by atoms with Crippen molar-refractivity contribution in [2.24, 2.45) is 29.4 Å². The summed E-state index contributed by atoms with van der Waals surface area (Å²) in [6.45, 7) is 13.7. The molecular formula is C40H64N2O13. The van der Waals surface area contributed by atoms with Crippen molar-refractivity contribution in [2.45, 2.75) is 147 Å². The first-order valence-electron chi connectivity index (χ1n) is 19.4. The number of nitrogens with two attached hydrogens (primary N) is 1. The number of methoxy groups -OCH3 is 1. The molecule has 0 aliphatic carbocycles. The molecule has 16 atom stereocenters. The minimum absolute atomic E-state index is 0.0571. The van der Waals surface area contributed by atoms with Gasteiger partial charge in [-0.25, -0.2) is 9.59 Å². The number of nitrogens with zero attached hydrogens (tertiary/aromatic N) is 1. The van der Waals surface area contributed by atoms with E-state index in [2.05, 4.69) is 0 Å². The number of rotatable bonds is 10. The van der Waals surface area contributed by atoms with Gasteiger partial charge >= 0.3 is 18.1 Å². The van der Waals surface area contributed by atoms with Crippen molar-refractivity contribution in [3.63, 3.8) is 0 Å². The van der Waals surface area contributed by atoms with Crippen molar-refractivity contribution in [1.29, 1.82) is 0 Å². The fourth-order valence-electron chi connectivity index (χ4n) is 8.71. The molecule has 3 aliphatic rings. The summed E-state index contributed by atoms with van der Waals surface area (Å²) in [4.78, 5) is 43.2. The van der Waals surface area contributed by atoms with E-state index >= 15 is 0 Å². The van der Waals surface area contributed by atoms with Gasteiger partial charge in [0.25, 0.3) is 0 Å². The maximum atomic E-state index is 14.3. The Morgan fingerprint density at radius 1 is 1.05 bits per heavy atom. The van der Waals surface area contributed by atoms with Gasteiger partial charge in [0, 0.05) is 31.0 Å². The van der Waals surface area contributed by atoms with Gasteiger partial charge < -0.3 is 58.7 Å². The summed E-state index contributed by atoms with van der Waals surface area (Å²) in [5.41, 5.74) is 4.25. The molecule has 0 bridgehead atoms. The summed E-state index contributed by atoms with van der Waals surface area (Å²) in [6, 6.07) is 7.73. The Bertz CT molecular complexity index is 1430. The van der Waals surface area contributed by atoms with E-state index in [9.17, 15) is 24.6 Å². The van der Waals surface area contributed by atoms with Gasteiger partial charge in [0.1, 0.15) is 25.1 Å². The minimum Gasteiger partial charge on any atom is -0.459 e. The molecule has 0 radical (unpaired) electrons. The van der Waals surface area contributed by atoms with Crippen molar-refractivity contribution in [3.05, 3.63) is 35.9 Å². The highest BCUT2D eigenvalue weighted by atomic mass is 16.8. The molecule has 0 spiro atoms. The Morgan fingerprint density at radius 3 is 2.31 bits per heavy atom. The van der Waals surface area contributed by atoms with Crippen LogP contribution in [0, 0.1) is 23.7 Å². The Hall–Kier alpha value is -2.89. The van der Waals surface area contributed by atoms with E-state index in [1.165, 1.54) is 7.11 Å². The van der Waals surface area contributed by atoms with Gasteiger partial charge in [-0.2, -0.15) is 0 Å². The summed E-state index contributed by atoms with van der Waals surface area (Å²) < 4.78 is 47.7. The van der Waals surface area contributed by atoms with Crippen molar-refractivity contribution >= 4 is 18.1 Å². The molecule has 1 aromatic carbocycles. The number of hydrogen-bond donors (Lipinski definition) is 3. The van der Waals surface area contributed by atoms with Gasteiger partial charge in [-0.15, -0.1) is 0 Å². The molecule has 312 valence electrons. The molecular weight excluding hydrogens is 716 g/mol. The monoisotopic (exact) mass is 780 g/mol. The third kappa shape index (κ3) is 9.98. The fraction of sp³-hybridized carbons (Fsp3) is 0.775. The molecule has 3 saturated heterocycles. The standard InChI is InChI=1S/C40H64N2O13/c1-12-28-40(8)34(54-38(46)55-40)23(4)29(41)21(2)19-39(7,47)33(53-37-30(43)27(42(9)10)18-22(3)50-37)24(5)31(25(6)35(44)51-28)52-36(45)32(49-20-48-11)26-16-14-13-15-17-26/h13-17,21-25,27-34,37,43,47H,12,18-20,41H2,1-11H3/t21-,22-,23+,24+,25-,27+,28?,29+,30-,31+,32?,33-,34-,37+,39+,40-/m1/s1. The highest BCUT2D eigenvalue weighted by molar-refractivity contribution is 5.78. The van der Waals surface area contributed by atoms with Crippen LogP contribution in [0.25, 0.3) is 0 Å². The number of esters is 2. The third-order valence-corrected chi connectivity index (χ3v) is 11.8. The number of carbonyl (C=O) groups is 3. The molecule has 3 aliphatic heterocycles. The summed E-state index contributed by atoms with van der Waals surface area (Å²) >= 11 is 0. The number of ether oxygens (including phenoxy) is 8. The fourth-order valence-corrected chi connectivity index (χ4v) is 8.71. The molecule has 3 heterocycles. The zero-order valence-corrected chi connectivity index (χ0v) is 34.2. The number of benzene rings is 1. The average Bonchev–Trinajstić information content (AvgIpc) is 3.45. The molecule has 0 amide bonds. The maximum absolute atomic E-state index is 14.3. The molecule has 1 aromatic rings. The van der Waals surface area contributed by atoms with Crippen molar-refractivity contribution in [2.75, 3.05) is 28.0 Å². The van der Waals surface area contributed by atoms with E-state index in [0.717, 1.165) is 0 Å². The first kappa shape index (κ1) is 44.8. The maximum Gasteiger partial charge on any atom is 0.509 e. The number of fused-ring (bicyclic) bond motifs is 1.